The first-order chi connectivity index (χ1) is 15.6. The monoisotopic (exact) mass is 423 g/mol. The predicted octanol–water partition coefficient (Wildman–Crippen LogP) is 4.60. The molecule has 0 N–H and O–H groups in total. The summed E-state index contributed by atoms with van der Waals surface area (Å²) in [4.78, 5) is 33.4. The van der Waals surface area contributed by atoms with Crippen LogP contribution in [0, 0.1) is 6.92 Å². The van der Waals surface area contributed by atoms with Gasteiger partial charge in [0.05, 0.1) is 23.4 Å². The van der Waals surface area contributed by atoms with E-state index in [9.17, 15) is 9.59 Å². The normalized spacial score (nSPS) is 15.4. The Morgan fingerprint density at radius 2 is 1.69 bits per heavy atom. The fourth-order valence-corrected chi connectivity index (χ4v) is 4.64. The van der Waals surface area contributed by atoms with E-state index in [0.717, 1.165) is 22.4 Å². The molecule has 0 unspecified atom stereocenters. The number of hydrogen-bond donors (Lipinski definition) is 0. The molecular formula is C27H25N3O2. The Balaban J connectivity index is 1.58. The average molecular weight is 424 g/mol. The molecule has 160 valence electrons. The van der Waals surface area contributed by atoms with Gasteiger partial charge in [-0.3, -0.25) is 14.2 Å². The number of rotatable bonds is 5. The second kappa shape index (κ2) is 8.08. The van der Waals surface area contributed by atoms with Gasteiger partial charge in [0.2, 0.25) is 5.91 Å². The molecule has 2 heterocycles. The highest BCUT2D eigenvalue weighted by atomic mass is 16.2. The van der Waals surface area contributed by atoms with E-state index in [4.69, 9.17) is 4.98 Å². The van der Waals surface area contributed by atoms with Gasteiger partial charge in [-0.2, -0.15) is 0 Å². The third kappa shape index (κ3) is 3.40. The molecule has 5 rings (SSSR count). The second-order valence-corrected chi connectivity index (χ2v) is 8.32. The van der Waals surface area contributed by atoms with Crippen molar-refractivity contribution in [1.82, 2.24) is 9.55 Å². The zero-order valence-corrected chi connectivity index (χ0v) is 18.3. The summed E-state index contributed by atoms with van der Waals surface area (Å²) >= 11 is 0. The highest BCUT2D eigenvalue weighted by Crippen LogP contribution is 2.40. The molecule has 0 saturated heterocycles. The maximum atomic E-state index is 13.6. The Kier molecular flexibility index (Phi) is 5.10. The maximum absolute atomic E-state index is 13.6. The van der Waals surface area contributed by atoms with Crippen molar-refractivity contribution in [3.63, 3.8) is 0 Å². The number of benzene rings is 3. The van der Waals surface area contributed by atoms with Gasteiger partial charge in [-0.05, 0) is 43.2 Å². The van der Waals surface area contributed by atoms with Crippen LogP contribution in [0.5, 0.6) is 0 Å². The van der Waals surface area contributed by atoms with E-state index >= 15 is 0 Å². The van der Waals surface area contributed by atoms with Crippen LogP contribution >= 0.6 is 0 Å². The Bertz CT molecular complexity index is 1380. The van der Waals surface area contributed by atoms with E-state index < -0.39 is 0 Å². The van der Waals surface area contributed by atoms with Crippen molar-refractivity contribution in [3.05, 3.63) is 106 Å². The molecular weight excluding hydrogens is 398 g/mol. The van der Waals surface area contributed by atoms with Gasteiger partial charge < -0.3 is 4.90 Å². The Morgan fingerprint density at radius 3 is 2.47 bits per heavy atom. The molecule has 5 nitrogen and oxygen atoms in total. The first-order valence-electron chi connectivity index (χ1n) is 11.0. The molecule has 0 radical (unpaired) electrons. The lowest BCUT2D eigenvalue weighted by Crippen LogP contribution is -2.31. The minimum absolute atomic E-state index is 0.0517. The molecule has 3 aromatic carbocycles. The molecule has 1 aliphatic heterocycles. The first kappa shape index (κ1) is 20.2. The molecule has 32 heavy (non-hydrogen) atoms. The lowest BCUT2D eigenvalue weighted by Gasteiger charge is -2.19. The minimum atomic E-state index is -0.362. The molecule has 0 bridgehead atoms. The Labute approximate surface area is 187 Å². The van der Waals surface area contributed by atoms with Crippen LogP contribution in [0.15, 0.2) is 77.6 Å². The SMILES string of the molecule is CCn1c(C[C@@H]2C(=O)N(Cc3ccccc3)c3ccc(C)cc32)nc2ccccc2c1=O. The van der Waals surface area contributed by atoms with Crippen molar-refractivity contribution in [1.29, 1.82) is 0 Å². The number of aryl methyl sites for hydroxylation is 1. The summed E-state index contributed by atoms with van der Waals surface area (Å²) in [6.07, 6.45) is 0.397. The molecule has 1 atom stereocenters. The number of aromatic nitrogens is 2. The number of para-hydroxylation sites is 1. The van der Waals surface area contributed by atoms with E-state index in [2.05, 4.69) is 6.07 Å². The van der Waals surface area contributed by atoms with Crippen molar-refractivity contribution < 1.29 is 4.79 Å². The van der Waals surface area contributed by atoms with Crippen molar-refractivity contribution in [3.8, 4) is 0 Å². The van der Waals surface area contributed by atoms with Gasteiger partial charge in [-0.15, -0.1) is 0 Å². The topological polar surface area (TPSA) is 55.2 Å². The molecule has 0 spiro atoms. The number of anilines is 1. The Morgan fingerprint density at radius 1 is 0.938 bits per heavy atom. The number of carbonyl (C=O) groups is 1. The highest BCUT2D eigenvalue weighted by Gasteiger charge is 2.38. The molecule has 0 saturated carbocycles. The number of hydrogen-bond acceptors (Lipinski definition) is 3. The van der Waals surface area contributed by atoms with Crippen LogP contribution in [-0.4, -0.2) is 15.5 Å². The zero-order chi connectivity index (χ0) is 22.2. The van der Waals surface area contributed by atoms with Crippen LogP contribution < -0.4 is 10.5 Å². The third-order valence-corrected chi connectivity index (χ3v) is 6.24. The van der Waals surface area contributed by atoms with E-state index in [1.807, 2.05) is 85.5 Å². The fraction of sp³-hybridized carbons (Fsp3) is 0.222. The summed E-state index contributed by atoms with van der Waals surface area (Å²) in [5, 5.41) is 0.609. The van der Waals surface area contributed by atoms with Crippen LogP contribution in [0.2, 0.25) is 0 Å². The fourth-order valence-electron chi connectivity index (χ4n) is 4.64. The number of amides is 1. The molecule has 5 heteroatoms. The van der Waals surface area contributed by atoms with Crippen molar-refractivity contribution >= 4 is 22.5 Å². The van der Waals surface area contributed by atoms with Gasteiger partial charge in [0, 0.05) is 18.7 Å². The number of nitrogens with zero attached hydrogens (tertiary/aromatic N) is 3. The maximum Gasteiger partial charge on any atom is 0.261 e. The molecule has 1 amide bonds. The smallest absolute Gasteiger partial charge is 0.261 e. The standard InChI is InChI=1S/C27H25N3O2/c1-3-29-25(28-23-12-8-7-11-20(23)26(29)31)16-22-21-15-18(2)13-14-24(21)30(27(22)32)17-19-9-5-4-6-10-19/h4-15,22H,3,16-17H2,1-2H3/t22-/m0/s1. The van der Waals surface area contributed by atoms with Crippen molar-refractivity contribution in [2.24, 2.45) is 0 Å². The number of fused-ring (bicyclic) bond motifs is 2. The largest absolute Gasteiger partial charge is 0.307 e. The van der Waals surface area contributed by atoms with Crippen LogP contribution in [0.25, 0.3) is 10.9 Å². The van der Waals surface area contributed by atoms with Gasteiger partial charge in [0.15, 0.2) is 0 Å². The van der Waals surface area contributed by atoms with Gasteiger partial charge in [0.25, 0.3) is 5.56 Å². The second-order valence-electron chi connectivity index (χ2n) is 8.32. The summed E-state index contributed by atoms with van der Waals surface area (Å²) < 4.78 is 1.70. The molecule has 1 aromatic heterocycles. The molecule has 1 aliphatic rings. The summed E-state index contributed by atoms with van der Waals surface area (Å²) in [6, 6.07) is 23.6. The van der Waals surface area contributed by atoms with E-state index in [0.29, 0.717) is 36.2 Å². The quantitative estimate of drug-likeness (QED) is 0.471. The van der Waals surface area contributed by atoms with Crippen LogP contribution in [-0.2, 0) is 24.3 Å². The van der Waals surface area contributed by atoms with Crippen LogP contribution in [0.4, 0.5) is 5.69 Å². The lowest BCUT2D eigenvalue weighted by atomic mass is 9.95. The number of carbonyl (C=O) groups excluding carboxylic acids is 1. The lowest BCUT2D eigenvalue weighted by molar-refractivity contribution is -0.119. The summed E-state index contributed by atoms with van der Waals surface area (Å²) in [5.74, 6) is 0.350. The van der Waals surface area contributed by atoms with Crippen LogP contribution in [0.3, 0.4) is 0 Å². The predicted molar refractivity (Wildman–Crippen MR) is 127 cm³/mol. The van der Waals surface area contributed by atoms with Gasteiger partial charge >= 0.3 is 0 Å². The van der Waals surface area contributed by atoms with Crippen LogP contribution in [0.1, 0.15) is 35.4 Å². The summed E-state index contributed by atoms with van der Waals surface area (Å²) in [6.45, 7) is 5.02. The highest BCUT2D eigenvalue weighted by molar-refractivity contribution is 6.05. The van der Waals surface area contributed by atoms with E-state index in [-0.39, 0.29) is 17.4 Å². The van der Waals surface area contributed by atoms with Crippen molar-refractivity contribution in [2.75, 3.05) is 4.90 Å². The van der Waals surface area contributed by atoms with E-state index in [1.165, 1.54) is 0 Å². The van der Waals surface area contributed by atoms with Gasteiger partial charge in [-0.25, -0.2) is 4.98 Å². The molecule has 0 fully saturated rings. The Hall–Kier alpha value is -3.73. The van der Waals surface area contributed by atoms with E-state index in [1.54, 1.807) is 4.57 Å². The van der Waals surface area contributed by atoms with Gasteiger partial charge in [-0.1, -0.05) is 60.2 Å². The zero-order valence-electron chi connectivity index (χ0n) is 18.3. The average Bonchev–Trinajstić information content (AvgIpc) is 3.05. The summed E-state index contributed by atoms with van der Waals surface area (Å²) in [5.41, 5.74) is 4.78. The van der Waals surface area contributed by atoms with Crippen molar-refractivity contribution in [2.45, 2.75) is 39.3 Å². The summed E-state index contributed by atoms with van der Waals surface area (Å²) in [7, 11) is 0. The molecule has 0 aliphatic carbocycles. The molecule has 4 aromatic rings. The third-order valence-electron chi connectivity index (χ3n) is 6.24. The minimum Gasteiger partial charge on any atom is -0.307 e. The van der Waals surface area contributed by atoms with Gasteiger partial charge in [0.1, 0.15) is 5.82 Å². The first-order valence-corrected chi connectivity index (χ1v) is 11.0.